The van der Waals surface area contributed by atoms with Crippen LogP contribution in [0.1, 0.15) is 75.8 Å². The summed E-state index contributed by atoms with van der Waals surface area (Å²) in [7, 11) is 0. The van der Waals surface area contributed by atoms with Crippen LogP contribution in [0.3, 0.4) is 0 Å². The lowest BCUT2D eigenvalue weighted by molar-refractivity contribution is 0.587. The Morgan fingerprint density at radius 2 is 1.15 bits per heavy atom. The van der Waals surface area contributed by atoms with Crippen LogP contribution < -0.4 is 0 Å². The molecule has 1 aliphatic carbocycles. The van der Waals surface area contributed by atoms with Gasteiger partial charge in [0, 0.05) is 0 Å². The smallest absolute Gasteiger partial charge is 0.129 e. The Balaban J connectivity index is 1.48. The molecule has 0 N–H and O–H groups in total. The van der Waals surface area contributed by atoms with E-state index in [9.17, 15) is 8.78 Å². The van der Waals surface area contributed by atoms with E-state index in [-0.39, 0.29) is 17.5 Å². The van der Waals surface area contributed by atoms with Crippen LogP contribution >= 0.6 is 0 Å². The summed E-state index contributed by atoms with van der Waals surface area (Å²) >= 11 is 0. The molecule has 3 heteroatoms. The van der Waals surface area contributed by atoms with Gasteiger partial charge in [0.1, 0.15) is 17.5 Å². The van der Waals surface area contributed by atoms with E-state index in [1.807, 2.05) is 50.2 Å². The first-order valence-corrected chi connectivity index (χ1v) is 12.1. The number of halogens is 3. The fraction of sp³-hybridized carbons (Fsp3) is 0.400. The molecule has 4 rings (SSSR count). The predicted molar refractivity (Wildman–Crippen MR) is 130 cm³/mol. The van der Waals surface area contributed by atoms with Crippen molar-refractivity contribution in [1.29, 1.82) is 0 Å². The predicted octanol–water partition coefficient (Wildman–Crippen LogP) is 8.04. The molecule has 0 amide bonds. The van der Waals surface area contributed by atoms with Crippen molar-refractivity contribution in [3.8, 4) is 0 Å². The molecule has 1 saturated carbocycles. The molecule has 0 aromatic heterocycles. The summed E-state index contributed by atoms with van der Waals surface area (Å²) in [6.07, 6.45) is 5.07. The highest BCUT2D eigenvalue weighted by Crippen LogP contribution is 2.44. The summed E-state index contributed by atoms with van der Waals surface area (Å²) in [4.78, 5) is 0. The molecule has 0 aliphatic heterocycles. The van der Waals surface area contributed by atoms with Crippen molar-refractivity contribution in [2.75, 3.05) is 0 Å². The third kappa shape index (κ3) is 4.88. The SMILES string of the molecule is CCc1c(C)ccc(CCc2ccc(CCc3ccc(C)c(F)c3C3CC3)c(F)c2C)c1F. The van der Waals surface area contributed by atoms with Gasteiger partial charge < -0.3 is 0 Å². The van der Waals surface area contributed by atoms with Crippen molar-refractivity contribution >= 4 is 0 Å². The summed E-state index contributed by atoms with van der Waals surface area (Å²) in [5.41, 5.74) is 7.17. The van der Waals surface area contributed by atoms with Crippen LogP contribution in [0.5, 0.6) is 0 Å². The second-order valence-corrected chi connectivity index (χ2v) is 9.55. The van der Waals surface area contributed by atoms with Crippen LogP contribution in [-0.2, 0) is 32.1 Å². The number of aryl methyl sites for hydroxylation is 6. The summed E-state index contributed by atoms with van der Waals surface area (Å²) in [5, 5.41) is 0. The monoisotopic (exact) mass is 450 g/mol. The highest BCUT2D eigenvalue weighted by atomic mass is 19.1. The molecule has 0 radical (unpaired) electrons. The molecule has 0 nitrogen and oxygen atoms in total. The molecule has 0 unspecified atom stereocenters. The number of hydrogen-bond acceptors (Lipinski definition) is 0. The third-order valence-corrected chi connectivity index (χ3v) is 7.27. The summed E-state index contributed by atoms with van der Waals surface area (Å²) < 4.78 is 44.7. The Hall–Kier alpha value is -2.55. The maximum absolute atomic E-state index is 15.2. The molecule has 0 saturated heterocycles. The Bertz CT molecular complexity index is 1170. The normalized spacial score (nSPS) is 13.5. The maximum atomic E-state index is 15.2. The van der Waals surface area contributed by atoms with Crippen molar-refractivity contribution < 1.29 is 13.2 Å². The molecule has 1 aliphatic rings. The van der Waals surface area contributed by atoms with Crippen molar-refractivity contribution in [2.24, 2.45) is 0 Å². The van der Waals surface area contributed by atoms with Gasteiger partial charge >= 0.3 is 0 Å². The fourth-order valence-electron chi connectivity index (χ4n) is 4.95. The van der Waals surface area contributed by atoms with E-state index in [0.29, 0.717) is 60.3 Å². The zero-order valence-electron chi connectivity index (χ0n) is 20.1. The van der Waals surface area contributed by atoms with Gasteiger partial charge in [0.05, 0.1) is 0 Å². The average Bonchev–Trinajstić information content (AvgIpc) is 3.63. The third-order valence-electron chi connectivity index (χ3n) is 7.27. The summed E-state index contributed by atoms with van der Waals surface area (Å²) in [6, 6.07) is 11.5. The van der Waals surface area contributed by atoms with Crippen LogP contribution in [0.15, 0.2) is 36.4 Å². The van der Waals surface area contributed by atoms with Gasteiger partial charge in [-0.2, -0.15) is 0 Å². The van der Waals surface area contributed by atoms with E-state index in [1.54, 1.807) is 13.8 Å². The number of hydrogen-bond donors (Lipinski definition) is 0. The molecule has 0 bridgehead atoms. The van der Waals surface area contributed by atoms with Crippen molar-refractivity contribution in [3.63, 3.8) is 0 Å². The van der Waals surface area contributed by atoms with Crippen LogP contribution in [-0.4, -0.2) is 0 Å². The number of rotatable bonds is 8. The first kappa shape index (κ1) is 23.6. The van der Waals surface area contributed by atoms with Gasteiger partial charge in [0.2, 0.25) is 0 Å². The molecular formula is C30H33F3. The second-order valence-electron chi connectivity index (χ2n) is 9.55. The zero-order valence-corrected chi connectivity index (χ0v) is 20.1. The Labute approximate surface area is 195 Å². The van der Waals surface area contributed by atoms with E-state index < -0.39 is 0 Å². The Morgan fingerprint density at radius 1 is 0.636 bits per heavy atom. The van der Waals surface area contributed by atoms with E-state index in [1.165, 1.54) is 0 Å². The van der Waals surface area contributed by atoms with Gasteiger partial charge in [-0.3, -0.25) is 0 Å². The van der Waals surface area contributed by atoms with E-state index >= 15 is 4.39 Å². The largest absolute Gasteiger partial charge is 0.206 e. The molecule has 0 spiro atoms. The van der Waals surface area contributed by atoms with Crippen LogP contribution in [0.4, 0.5) is 13.2 Å². The lowest BCUT2D eigenvalue weighted by Crippen LogP contribution is -2.05. The van der Waals surface area contributed by atoms with E-state index in [4.69, 9.17) is 0 Å². The second kappa shape index (κ2) is 9.75. The minimum absolute atomic E-state index is 0.0865. The Morgan fingerprint density at radius 3 is 1.82 bits per heavy atom. The quantitative estimate of drug-likeness (QED) is 0.326. The van der Waals surface area contributed by atoms with Crippen molar-refractivity contribution in [3.05, 3.63) is 104 Å². The maximum Gasteiger partial charge on any atom is 0.129 e. The topological polar surface area (TPSA) is 0 Å². The molecule has 0 heterocycles. The molecule has 3 aromatic carbocycles. The lowest BCUT2D eigenvalue weighted by Gasteiger charge is -2.15. The van der Waals surface area contributed by atoms with Crippen molar-refractivity contribution in [2.45, 2.75) is 78.6 Å². The highest BCUT2D eigenvalue weighted by molar-refractivity contribution is 5.40. The molecule has 0 atom stereocenters. The van der Waals surface area contributed by atoms with Crippen LogP contribution in [0.25, 0.3) is 0 Å². The lowest BCUT2D eigenvalue weighted by atomic mass is 9.92. The molecule has 1 fully saturated rings. The van der Waals surface area contributed by atoms with Crippen LogP contribution in [0, 0.1) is 38.2 Å². The molecule has 174 valence electrons. The Kier molecular flexibility index (Phi) is 6.97. The summed E-state index contributed by atoms with van der Waals surface area (Å²) in [5.74, 6) is -0.0726. The van der Waals surface area contributed by atoms with Crippen LogP contribution in [0.2, 0.25) is 0 Å². The van der Waals surface area contributed by atoms with Gasteiger partial charge in [-0.05, 0) is 122 Å². The van der Waals surface area contributed by atoms with Gasteiger partial charge in [-0.15, -0.1) is 0 Å². The molecule has 33 heavy (non-hydrogen) atoms. The molecular weight excluding hydrogens is 417 g/mol. The zero-order chi connectivity index (χ0) is 23.7. The molecule has 3 aromatic rings. The van der Waals surface area contributed by atoms with Gasteiger partial charge in [0.25, 0.3) is 0 Å². The van der Waals surface area contributed by atoms with Gasteiger partial charge in [-0.25, -0.2) is 13.2 Å². The van der Waals surface area contributed by atoms with Gasteiger partial charge in [0.15, 0.2) is 0 Å². The average molecular weight is 451 g/mol. The minimum Gasteiger partial charge on any atom is -0.206 e. The fourth-order valence-corrected chi connectivity index (χ4v) is 4.95. The van der Waals surface area contributed by atoms with E-state index in [0.717, 1.165) is 40.7 Å². The van der Waals surface area contributed by atoms with Gasteiger partial charge in [-0.1, -0.05) is 43.3 Å². The first-order valence-electron chi connectivity index (χ1n) is 12.1. The highest BCUT2D eigenvalue weighted by Gasteiger charge is 2.29. The first-order chi connectivity index (χ1) is 15.8. The summed E-state index contributed by atoms with van der Waals surface area (Å²) in [6.45, 7) is 7.51. The van der Waals surface area contributed by atoms with E-state index in [2.05, 4.69) is 0 Å². The standard InChI is InChI=1S/C30H33F3/c1-5-26-18(2)6-9-25(30(26)33)16-11-21-10-15-24(29(32)20(21)4)17-14-22-8-7-19(3)28(31)27(22)23-12-13-23/h6-10,15,23H,5,11-14,16-17H2,1-4H3. The van der Waals surface area contributed by atoms with Crippen molar-refractivity contribution in [1.82, 2.24) is 0 Å². The minimum atomic E-state index is -0.188. The number of benzene rings is 3.